The zero-order valence-electron chi connectivity index (χ0n) is 12.8. The second kappa shape index (κ2) is 5.53. The summed E-state index contributed by atoms with van der Waals surface area (Å²) in [5.74, 6) is 0.658. The molecule has 0 saturated heterocycles. The second-order valence-electron chi connectivity index (χ2n) is 5.72. The van der Waals surface area contributed by atoms with E-state index in [0.717, 1.165) is 13.1 Å². The van der Waals surface area contributed by atoms with Crippen LogP contribution in [0.15, 0.2) is 34.6 Å². The lowest BCUT2D eigenvalue weighted by atomic mass is 9.95. The molecule has 2 aromatic rings. The highest BCUT2D eigenvalue weighted by Crippen LogP contribution is 2.31. The maximum Gasteiger partial charge on any atom is 0.192 e. The highest BCUT2D eigenvalue weighted by molar-refractivity contribution is 7.09. The van der Waals surface area contributed by atoms with E-state index in [2.05, 4.69) is 60.3 Å². The van der Waals surface area contributed by atoms with Crippen LogP contribution in [-0.4, -0.2) is 17.4 Å². The average Bonchev–Trinajstić information content (AvgIpc) is 3.06. The fraction of sp³-hybridized carbons (Fsp3) is 0.353. The lowest BCUT2D eigenvalue weighted by molar-refractivity contribution is 0.342. The Bertz CT molecular complexity index is 674. The van der Waals surface area contributed by atoms with Gasteiger partial charge in [-0.15, -0.1) is 11.3 Å². The van der Waals surface area contributed by atoms with E-state index in [-0.39, 0.29) is 6.04 Å². The van der Waals surface area contributed by atoms with Gasteiger partial charge in [-0.05, 0) is 54.5 Å². The molecule has 3 rings (SSSR count). The van der Waals surface area contributed by atoms with Gasteiger partial charge in [0.05, 0.1) is 19.1 Å². The predicted molar refractivity (Wildman–Crippen MR) is 89.7 cm³/mol. The lowest BCUT2D eigenvalue weighted by Crippen LogP contribution is -2.35. The van der Waals surface area contributed by atoms with Crippen LogP contribution in [0.5, 0.6) is 0 Å². The molecule has 110 valence electrons. The van der Waals surface area contributed by atoms with Crippen LogP contribution in [0.2, 0.25) is 0 Å². The summed E-state index contributed by atoms with van der Waals surface area (Å²) in [6.07, 6.45) is 0. The van der Waals surface area contributed by atoms with E-state index >= 15 is 0 Å². The van der Waals surface area contributed by atoms with E-state index in [1.807, 2.05) is 0 Å². The van der Waals surface area contributed by atoms with E-state index in [9.17, 15) is 0 Å². The van der Waals surface area contributed by atoms with Crippen LogP contribution in [0.25, 0.3) is 0 Å². The minimum atomic E-state index is 0.256. The minimum Gasteiger partial charge on any atom is -0.370 e. The summed E-state index contributed by atoms with van der Waals surface area (Å²) in [5, 5.41) is 2.11. The van der Waals surface area contributed by atoms with Crippen LogP contribution >= 0.6 is 11.3 Å². The molecule has 1 unspecified atom stereocenters. The summed E-state index contributed by atoms with van der Waals surface area (Å²) in [4.78, 5) is 8.02. The van der Waals surface area contributed by atoms with Crippen LogP contribution in [-0.2, 0) is 6.54 Å². The van der Waals surface area contributed by atoms with Crippen molar-refractivity contribution in [1.29, 1.82) is 0 Å². The van der Waals surface area contributed by atoms with Gasteiger partial charge in [-0.3, -0.25) is 4.99 Å². The van der Waals surface area contributed by atoms with E-state index < -0.39 is 0 Å². The Morgan fingerprint density at radius 2 is 2.00 bits per heavy atom. The highest BCUT2D eigenvalue weighted by Gasteiger charge is 2.29. The van der Waals surface area contributed by atoms with Crippen molar-refractivity contribution >= 4 is 17.3 Å². The topological polar surface area (TPSA) is 41.6 Å². The number of nitrogens with zero attached hydrogens (tertiary/aromatic N) is 2. The van der Waals surface area contributed by atoms with Crippen LogP contribution in [0.3, 0.4) is 0 Å². The number of rotatable bonds is 3. The molecule has 1 aromatic carbocycles. The van der Waals surface area contributed by atoms with Gasteiger partial charge in [-0.25, -0.2) is 0 Å². The van der Waals surface area contributed by atoms with E-state index in [0.29, 0.717) is 5.96 Å². The molecule has 4 heteroatoms. The maximum atomic E-state index is 6.12. The van der Waals surface area contributed by atoms with Crippen molar-refractivity contribution < 1.29 is 0 Å². The summed E-state index contributed by atoms with van der Waals surface area (Å²) in [6, 6.07) is 9.06. The summed E-state index contributed by atoms with van der Waals surface area (Å²) in [7, 11) is 0. The first-order valence-electron chi connectivity index (χ1n) is 7.23. The molecule has 21 heavy (non-hydrogen) atoms. The Hall–Kier alpha value is -1.81. The molecule has 0 bridgehead atoms. The number of nitrogens with two attached hydrogens (primary N) is 1. The highest BCUT2D eigenvalue weighted by atomic mass is 32.1. The quantitative estimate of drug-likeness (QED) is 0.941. The van der Waals surface area contributed by atoms with E-state index in [1.165, 1.54) is 27.1 Å². The summed E-state index contributed by atoms with van der Waals surface area (Å²) in [6.45, 7) is 8.10. The monoisotopic (exact) mass is 299 g/mol. The van der Waals surface area contributed by atoms with Gasteiger partial charge in [0.15, 0.2) is 5.96 Å². The molecule has 2 heterocycles. The second-order valence-corrected chi connectivity index (χ2v) is 6.75. The normalized spacial score (nSPS) is 18.1. The van der Waals surface area contributed by atoms with Crippen molar-refractivity contribution in [3.63, 3.8) is 0 Å². The van der Waals surface area contributed by atoms with Gasteiger partial charge in [0, 0.05) is 4.88 Å². The summed E-state index contributed by atoms with van der Waals surface area (Å²) in [5.41, 5.74) is 11.5. The van der Waals surface area contributed by atoms with Crippen LogP contribution in [0, 0.1) is 20.8 Å². The van der Waals surface area contributed by atoms with Crippen LogP contribution in [0.1, 0.15) is 33.2 Å². The predicted octanol–water partition coefficient (Wildman–Crippen LogP) is 3.54. The molecule has 1 aliphatic heterocycles. The molecule has 0 radical (unpaired) electrons. The maximum absolute atomic E-state index is 6.12. The Kier molecular flexibility index (Phi) is 3.72. The van der Waals surface area contributed by atoms with Crippen LogP contribution in [0.4, 0.5) is 0 Å². The van der Waals surface area contributed by atoms with Crippen molar-refractivity contribution in [3.8, 4) is 0 Å². The van der Waals surface area contributed by atoms with Gasteiger partial charge < -0.3 is 10.6 Å². The minimum absolute atomic E-state index is 0.256. The third kappa shape index (κ3) is 2.68. The first-order valence-corrected chi connectivity index (χ1v) is 8.11. The average molecular weight is 299 g/mol. The number of guanidine groups is 1. The Balaban J connectivity index is 1.92. The molecule has 0 amide bonds. The molecular weight excluding hydrogens is 278 g/mol. The van der Waals surface area contributed by atoms with Crippen molar-refractivity contribution in [1.82, 2.24) is 4.90 Å². The molecule has 0 fully saturated rings. The summed E-state index contributed by atoms with van der Waals surface area (Å²) < 4.78 is 0. The Morgan fingerprint density at radius 1 is 1.24 bits per heavy atom. The fourth-order valence-corrected chi connectivity index (χ4v) is 3.60. The van der Waals surface area contributed by atoms with Crippen molar-refractivity contribution in [3.05, 3.63) is 56.8 Å². The molecule has 1 atom stereocenters. The third-order valence-corrected chi connectivity index (χ3v) is 5.11. The molecule has 2 N–H and O–H groups in total. The van der Waals surface area contributed by atoms with Gasteiger partial charge in [-0.1, -0.05) is 18.2 Å². The molecule has 0 saturated carbocycles. The van der Waals surface area contributed by atoms with Gasteiger partial charge in [0.25, 0.3) is 0 Å². The molecule has 1 aliphatic rings. The Labute approximate surface area is 130 Å². The number of hydrogen-bond donors (Lipinski definition) is 1. The van der Waals surface area contributed by atoms with Gasteiger partial charge >= 0.3 is 0 Å². The largest absolute Gasteiger partial charge is 0.370 e. The summed E-state index contributed by atoms with van der Waals surface area (Å²) >= 11 is 1.77. The van der Waals surface area contributed by atoms with Gasteiger partial charge in [0.2, 0.25) is 0 Å². The number of thiophene rings is 1. The first-order chi connectivity index (χ1) is 10.1. The standard InChI is InChI=1S/C17H21N3S/c1-11-7-13(3)15(8-12(11)2)16-9-19-17(18)20(16)10-14-5-4-6-21-14/h4-8,16H,9-10H2,1-3H3,(H2,18,19). The molecule has 3 nitrogen and oxygen atoms in total. The molecule has 1 aromatic heterocycles. The smallest absolute Gasteiger partial charge is 0.192 e. The number of aliphatic imine (C=N–C) groups is 1. The molecular formula is C17H21N3S. The molecule has 0 aliphatic carbocycles. The van der Waals surface area contributed by atoms with E-state index in [4.69, 9.17) is 5.73 Å². The third-order valence-electron chi connectivity index (χ3n) is 4.24. The SMILES string of the molecule is Cc1cc(C)c(C2CN=C(N)N2Cc2cccs2)cc1C. The zero-order valence-corrected chi connectivity index (χ0v) is 13.6. The Morgan fingerprint density at radius 3 is 2.71 bits per heavy atom. The van der Waals surface area contributed by atoms with Crippen molar-refractivity contribution in [2.75, 3.05) is 6.54 Å². The first kappa shape index (κ1) is 14.1. The fourth-order valence-electron chi connectivity index (χ4n) is 2.90. The van der Waals surface area contributed by atoms with Gasteiger partial charge in [-0.2, -0.15) is 0 Å². The van der Waals surface area contributed by atoms with E-state index in [1.54, 1.807) is 11.3 Å². The van der Waals surface area contributed by atoms with Crippen LogP contribution < -0.4 is 5.73 Å². The number of benzene rings is 1. The zero-order chi connectivity index (χ0) is 15.0. The van der Waals surface area contributed by atoms with Crippen molar-refractivity contribution in [2.24, 2.45) is 10.7 Å². The number of hydrogen-bond acceptors (Lipinski definition) is 4. The molecule has 0 spiro atoms. The number of aryl methyl sites for hydroxylation is 3. The van der Waals surface area contributed by atoms with Crippen molar-refractivity contribution in [2.45, 2.75) is 33.4 Å². The van der Waals surface area contributed by atoms with Gasteiger partial charge in [0.1, 0.15) is 0 Å². The lowest BCUT2D eigenvalue weighted by Gasteiger charge is -2.28.